The highest BCUT2D eigenvalue weighted by Gasteiger charge is 2.10. The SMILES string of the molecule is Cc1ccccc1CC(CBr)Cc1ccc(O)cc1. The summed E-state index contributed by atoms with van der Waals surface area (Å²) in [6.07, 6.45) is 2.11. The predicted octanol–water partition coefficient (Wildman–Crippen LogP) is 4.50. The van der Waals surface area contributed by atoms with Crippen LogP contribution in [0.5, 0.6) is 5.75 Å². The van der Waals surface area contributed by atoms with Gasteiger partial charge in [-0.3, -0.25) is 0 Å². The van der Waals surface area contributed by atoms with Gasteiger partial charge in [-0.1, -0.05) is 52.3 Å². The minimum atomic E-state index is 0.332. The van der Waals surface area contributed by atoms with E-state index in [2.05, 4.69) is 47.1 Å². The fourth-order valence-electron chi connectivity index (χ4n) is 2.30. The minimum Gasteiger partial charge on any atom is -0.508 e. The molecule has 0 saturated heterocycles. The topological polar surface area (TPSA) is 20.2 Å². The summed E-state index contributed by atoms with van der Waals surface area (Å²) in [6.45, 7) is 2.17. The summed E-state index contributed by atoms with van der Waals surface area (Å²) in [5.41, 5.74) is 4.06. The van der Waals surface area contributed by atoms with Crippen molar-refractivity contribution in [3.8, 4) is 5.75 Å². The molecule has 0 heterocycles. The lowest BCUT2D eigenvalue weighted by molar-refractivity contribution is 0.474. The molecule has 1 unspecified atom stereocenters. The summed E-state index contributed by atoms with van der Waals surface area (Å²) >= 11 is 3.62. The van der Waals surface area contributed by atoms with E-state index in [9.17, 15) is 5.11 Å². The van der Waals surface area contributed by atoms with E-state index in [0.29, 0.717) is 11.7 Å². The zero-order chi connectivity index (χ0) is 13.7. The maximum absolute atomic E-state index is 9.31. The van der Waals surface area contributed by atoms with Gasteiger partial charge in [0.25, 0.3) is 0 Å². The normalized spacial score (nSPS) is 12.3. The Bertz CT molecular complexity index is 519. The molecule has 0 aliphatic carbocycles. The molecule has 0 aliphatic heterocycles. The largest absolute Gasteiger partial charge is 0.508 e. The molecular formula is C17H19BrO. The number of benzene rings is 2. The van der Waals surface area contributed by atoms with Gasteiger partial charge in [0.05, 0.1) is 0 Å². The number of rotatable bonds is 5. The fraction of sp³-hybridized carbons (Fsp3) is 0.294. The number of phenols is 1. The van der Waals surface area contributed by atoms with Crippen LogP contribution < -0.4 is 0 Å². The zero-order valence-electron chi connectivity index (χ0n) is 11.1. The van der Waals surface area contributed by atoms with Crippen molar-refractivity contribution in [2.75, 3.05) is 5.33 Å². The van der Waals surface area contributed by atoms with Crippen molar-refractivity contribution in [2.45, 2.75) is 19.8 Å². The van der Waals surface area contributed by atoms with E-state index in [4.69, 9.17) is 0 Å². The van der Waals surface area contributed by atoms with Crippen LogP contribution in [0.3, 0.4) is 0 Å². The molecule has 1 nitrogen and oxygen atoms in total. The third kappa shape index (κ3) is 4.10. The van der Waals surface area contributed by atoms with Gasteiger partial charge in [-0.2, -0.15) is 0 Å². The molecule has 2 rings (SSSR count). The molecule has 0 radical (unpaired) electrons. The average molecular weight is 319 g/mol. The van der Waals surface area contributed by atoms with Gasteiger partial charge in [-0.25, -0.2) is 0 Å². The van der Waals surface area contributed by atoms with Crippen molar-refractivity contribution in [2.24, 2.45) is 5.92 Å². The Morgan fingerprint density at radius 2 is 1.68 bits per heavy atom. The lowest BCUT2D eigenvalue weighted by atomic mass is 9.92. The highest BCUT2D eigenvalue weighted by Crippen LogP contribution is 2.20. The van der Waals surface area contributed by atoms with Crippen LogP contribution in [0.2, 0.25) is 0 Å². The van der Waals surface area contributed by atoms with E-state index < -0.39 is 0 Å². The lowest BCUT2D eigenvalue weighted by Crippen LogP contribution is -2.10. The Hall–Kier alpha value is -1.28. The third-order valence-corrected chi connectivity index (χ3v) is 4.36. The van der Waals surface area contributed by atoms with Gasteiger partial charge in [-0.15, -0.1) is 0 Å². The first-order valence-corrected chi connectivity index (χ1v) is 7.69. The van der Waals surface area contributed by atoms with E-state index in [0.717, 1.165) is 18.2 Å². The van der Waals surface area contributed by atoms with E-state index in [1.54, 1.807) is 12.1 Å². The number of aromatic hydroxyl groups is 1. The number of alkyl halides is 1. The summed E-state index contributed by atoms with van der Waals surface area (Å²) in [4.78, 5) is 0. The second-order valence-corrected chi connectivity index (χ2v) is 5.67. The van der Waals surface area contributed by atoms with Crippen molar-refractivity contribution in [1.29, 1.82) is 0 Å². The standard InChI is InChI=1S/C17H19BrO/c1-13-4-2-3-5-16(13)11-15(12-18)10-14-6-8-17(19)9-7-14/h2-9,15,19H,10-12H2,1H3. The molecule has 0 saturated carbocycles. The summed E-state index contributed by atoms with van der Waals surface area (Å²) in [5.74, 6) is 0.906. The maximum atomic E-state index is 9.31. The van der Waals surface area contributed by atoms with Gasteiger partial charge >= 0.3 is 0 Å². The molecule has 1 atom stereocenters. The van der Waals surface area contributed by atoms with Crippen molar-refractivity contribution in [3.05, 3.63) is 65.2 Å². The zero-order valence-corrected chi connectivity index (χ0v) is 12.7. The quantitative estimate of drug-likeness (QED) is 0.805. The molecular weight excluding hydrogens is 300 g/mol. The van der Waals surface area contributed by atoms with Gasteiger partial charge in [0.2, 0.25) is 0 Å². The smallest absolute Gasteiger partial charge is 0.115 e. The molecule has 19 heavy (non-hydrogen) atoms. The van der Waals surface area contributed by atoms with Crippen molar-refractivity contribution in [1.82, 2.24) is 0 Å². The van der Waals surface area contributed by atoms with Crippen LogP contribution in [0, 0.1) is 12.8 Å². The van der Waals surface area contributed by atoms with Crippen LogP contribution in [0.1, 0.15) is 16.7 Å². The Morgan fingerprint density at radius 3 is 2.32 bits per heavy atom. The second-order valence-electron chi connectivity index (χ2n) is 5.02. The number of phenolic OH excluding ortho intramolecular Hbond substituents is 1. The molecule has 0 fully saturated rings. The van der Waals surface area contributed by atoms with Crippen molar-refractivity contribution >= 4 is 15.9 Å². The molecule has 0 amide bonds. The third-order valence-electron chi connectivity index (χ3n) is 3.45. The van der Waals surface area contributed by atoms with Crippen molar-refractivity contribution < 1.29 is 5.11 Å². The Balaban J connectivity index is 2.05. The molecule has 0 spiro atoms. The van der Waals surface area contributed by atoms with E-state index in [1.807, 2.05) is 12.1 Å². The van der Waals surface area contributed by atoms with Crippen molar-refractivity contribution in [3.63, 3.8) is 0 Å². The molecule has 2 aromatic rings. The van der Waals surface area contributed by atoms with Crippen LogP contribution in [0.4, 0.5) is 0 Å². The molecule has 0 aliphatic rings. The summed E-state index contributed by atoms with van der Waals surface area (Å²) in [6, 6.07) is 16.1. The van der Waals surface area contributed by atoms with Gasteiger partial charge in [0.1, 0.15) is 5.75 Å². The van der Waals surface area contributed by atoms with Crippen LogP contribution in [-0.4, -0.2) is 10.4 Å². The fourth-order valence-corrected chi connectivity index (χ4v) is 2.75. The maximum Gasteiger partial charge on any atom is 0.115 e. The van der Waals surface area contributed by atoms with E-state index in [1.165, 1.54) is 16.7 Å². The minimum absolute atomic E-state index is 0.332. The van der Waals surface area contributed by atoms with Gasteiger partial charge < -0.3 is 5.11 Å². The molecule has 0 bridgehead atoms. The summed E-state index contributed by atoms with van der Waals surface area (Å²) < 4.78 is 0. The summed E-state index contributed by atoms with van der Waals surface area (Å²) in [7, 11) is 0. The van der Waals surface area contributed by atoms with Crippen LogP contribution in [-0.2, 0) is 12.8 Å². The number of aryl methyl sites for hydroxylation is 1. The molecule has 0 aromatic heterocycles. The molecule has 2 aromatic carbocycles. The summed E-state index contributed by atoms with van der Waals surface area (Å²) in [5, 5.41) is 10.3. The van der Waals surface area contributed by atoms with Crippen LogP contribution >= 0.6 is 15.9 Å². The average Bonchev–Trinajstić information content (AvgIpc) is 2.43. The predicted molar refractivity (Wildman–Crippen MR) is 84.0 cm³/mol. The number of hydrogen-bond donors (Lipinski definition) is 1. The van der Waals surface area contributed by atoms with Crippen LogP contribution in [0.25, 0.3) is 0 Å². The molecule has 1 N–H and O–H groups in total. The van der Waals surface area contributed by atoms with E-state index in [-0.39, 0.29) is 0 Å². The molecule has 100 valence electrons. The first-order valence-electron chi connectivity index (χ1n) is 6.57. The first kappa shape index (κ1) is 14.1. The Kier molecular flexibility index (Phi) is 5.03. The Morgan fingerprint density at radius 1 is 1.00 bits per heavy atom. The molecule has 2 heteroatoms. The lowest BCUT2D eigenvalue weighted by Gasteiger charge is -2.16. The van der Waals surface area contributed by atoms with Gasteiger partial charge in [0, 0.05) is 5.33 Å². The first-order chi connectivity index (χ1) is 9.19. The second kappa shape index (κ2) is 6.76. The highest BCUT2D eigenvalue weighted by molar-refractivity contribution is 9.09. The number of hydrogen-bond acceptors (Lipinski definition) is 1. The monoisotopic (exact) mass is 318 g/mol. The Labute approximate surface area is 123 Å². The van der Waals surface area contributed by atoms with E-state index >= 15 is 0 Å². The van der Waals surface area contributed by atoms with Gasteiger partial charge in [0.15, 0.2) is 0 Å². The van der Waals surface area contributed by atoms with Gasteiger partial charge in [-0.05, 0) is 54.5 Å². The van der Waals surface area contributed by atoms with Crippen LogP contribution in [0.15, 0.2) is 48.5 Å². The highest BCUT2D eigenvalue weighted by atomic mass is 79.9. The number of halogens is 1.